The molecule has 1 aromatic carbocycles. The third-order valence-corrected chi connectivity index (χ3v) is 5.92. The Labute approximate surface area is 177 Å². The molecule has 2 rings (SSSR count). The van der Waals surface area contributed by atoms with Crippen molar-refractivity contribution in [3.8, 4) is 0 Å². The third-order valence-electron chi connectivity index (χ3n) is 5.92. The van der Waals surface area contributed by atoms with Crippen LogP contribution in [0, 0.1) is 17.8 Å². The molecule has 0 spiro atoms. The van der Waals surface area contributed by atoms with Gasteiger partial charge in [-0.3, -0.25) is 0 Å². The van der Waals surface area contributed by atoms with Gasteiger partial charge in [0, 0.05) is 0 Å². The Morgan fingerprint density at radius 2 is 1.48 bits per heavy atom. The number of hydrogen-bond acceptors (Lipinski definition) is 4. The molecule has 0 N–H and O–H groups in total. The summed E-state index contributed by atoms with van der Waals surface area (Å²) in [6.45, 7) is 15.6. The Balaban J connectivity index is 2.19. The molecule has 0 radical (unpaired) electrons. The van der Waals surface area contributed by atoms with Gasteiger partial charge in [0.2, 0.25) is 11.8 Å². The maximum Gasteiger partial charge on any atom is 0.209 e. The largest absolute Gasteiger partial charge is 0.483 e. The van der Waals surface area contributed by atoms with Gasteiger partial charge in [-0.25, -0.2) is 9.98 Å². The summed E-state index contributed by atoms with van der Waals surface area (Å²) < 4.78 is 11.2. The first-order chi connectivity index (χ1) is 13.6. The molecular weight excluding hydrogens is 360 g/mol. The first-order valence-corrected chi connectivity index (χ1v) is 10.9. The molecule has 1 aliphatic rings. The van der Waals surface area contributed by atoms with Crippen molar-refractivity contribution < 1.29 is 9.47 Å². The van der Waals surface area contributed by atoms with Crippen LogP contribution in [0.1, 0.15) is 66.0 Å². The van der Waals surface area contributed by atoms with E-state index in [1.807, 2.05) is 0 Å². The fourth-order valence-corrected chi connectivity index (χ4v) is 3.84. The number of aliphatic imine (C=N–C) groups is 2. The second-order valence-electron chi connectivity index (χ2n) is 9.94. The highest BCUT2D eigenvalue weighted by atomic mass is 16.5. The molecule has 0 amide bonds. The minimum absolute atomic E-state index is 0.0614. The zero-order valence-electron chi connectivity index (χ0n) is 19.8. The molecule has 4 nitrogen and oxygen atoms in total. The maximum atomic E-state index is 5.65. The summed E-state index contributed by atoms with van der Waals surface area (Å²) in [5.41, 5.74) is 2.93. The van der Waals surface area contributed by atoms with Gasteiger partial charge in [0.1, 0.15) is 12.1 Å². The molecule has 0 bridgehead atoms. The van der Waals surface area contributed by atoms with Crippen molar-refractivity contribution in [3.05, 3.63) is 35.4 Å². The van der Waals surface area contributed by atoms with Gasteiger partial charge in [0.05, 0.1) is 14.2 Å². The first-order valence-electron chi connectivity index (χ1n) is 10.9. The number of nitrogens with zero attached hydrogens (tertiary/aromatic N) is 2. The summed E-state index contributed by atoms with van der Waals surface area (Å²) in [7, 11) is 3.39. The van der Waals surface area contributed by atoms with Crippen molar-refractivity contribution >= 4 is 11.8 Å². The van der Waals surface area contributed by atoms with Crippen LogP contribution in [-0.2, 0) is 21.3 Å². The monoisotopic (exact) mass is 400 g/mol. The second kappa shape index (κ2) is 9.77. The van der Waals surface area contributed by atoms with Gasteiger partial charge < -0.3 is 9.47 Å². The number of hydrogen-bond donors (Lipinski definition) is 0. The molecule has 0 saturated carbocycles. The molecule has 29 heavy (non-hydrogen) atoms. The predicted molar refractivity (Wildman–Crippen MR) is 123 cm³/mol. The lowest BCUT2D eigenvalue weighted by Crippen LogP contribution is -2.38. The Hall–Kier alpha value is -1.84. The van der Waals surface area contributed by atoms with Crippen LogP contribution in [0.3, 0.4) is 0 Å². The van der Waals surface area contributed by atoms with Crippen LogP contribution in [0.2, 0.25) is 0 Å². The summed E-state index contributed by atoms with van der Waals surface area (Å²) in [6.07, 6.45) is 1.93. The van der Waals surface area contributed by atoms with E-state index in [1.165, 1.54) is 11.1 Å². The van der Waals surface area contributed by atoms with Crippen molar-refractivity contribution in [2.24, 2.45) is 27.7 Å². The van der Waals surface area contributed by atoms with E-state index >= 15 is 0 Å². The number of methoxy groups -OCH3 is 2. The minimum atomic E-state index is -0.0776. The molecule has 1 aliphatic heterocycles. The molecule has 0 saturated heterocycles. The molecule has 162 valence electrons. The maximum absolute atomic E-state index is 5.65. The Morgan fingerprint density at radius 1 is 0.897 bits per heavy atom. The van der Waals surface area contributed by atoms with E-state index in [0.29, 0.717) is 17.8 Å². The van der Waals surface area contributed by atoms with E-state index < -0.39 is 0 Å². The Bertz CT molecular complexity index is 711. The lowest BCUT2D eigenvalue weighted by Gasteiger charge is -2.30. The lowest BCUT2D eigenvalue weighted by molar-refractivity contribution is 0.300. The highest BCUT2D eigenvalue weighted by Gasteiger charge is 2.33. The van der Waals surface area contributed by atoms with E-state index in [4.69, 9.17) is 19.5 Å². The summed E-state index contributed by atoms with van der Waals surface area (Å²) in [6, 6.07) is 8.95. The van der Waals surface area contributed by atoms with E-state index in [0.717, 1.165) is 24.6 Å². The van der Waals surface area contributed by atoms with Crippen molar-refractivity contribution in [3.63, 3.8) is 0 Å². The van der Waals surface area contributed by atoms with E-state index in [9.17, 15) is 0 Å². The quantitative estimate of drug-likeness (QED) is 0.616. The summed E-state index contributed by atoms with van der Waals surface area (Å²) in [4.78, 5) is 9.73. The molecule has 3 atom stereocenters. The highest BCUT2D eigenvalue weighted by Crippen LogP contribution is 2.28. The molecule has 0 unspecified atom stereocenters. The average molecular weight is 401 g/mol. The molecule has 0 aromatic heterocycles. The number of rotatable bonds is 6. The third kappa shape index (κ3) is 6.07. The van der Waals surface area contributed by atoms with Gasteiger partial charge in [-0.2, -0.15) is 0 Å². The van der Waals surface area contributed by atoms with Gasteiger partial charge in [0.15, 0.2) is 0 Å². The number of benzene rings is 1. The van der Waals surface area contributed by atoms with Gasteiger partial charge in [0.25, 0.3) is 0 Å². The van der Waals surface area contributed by atoms with Crippen LogP contribution in [0.4, 0.5) is 0 Å². The molecular formula is C25H40N2O2. The summed E-state index contributed by atoms with van der Waals surface area (Å²) >= 11 is 0. The van der Waals surface area contributed by atoms with Crippen LogP contribution >= 0.6 is 0 Å². The van der Waals surface area contributed by atoms with Crippen LogP contribution in [0.15, 0.2) is 34.3 Å². The molecule has 1 aromatic rings. The standard InChI is InChI=1S/C25H40N2O2/c1-16(2)19(14-18-10-12-20(13-11-18)25(5,6)7)15-21-23(28-8)27-22(17(3)4)24(26-21)29-9/h10-13,16-17,19,21-22H,14-15H2,1-9H3/t19-,21-,22+/m0/s1. The van der Waals surface area contributed by atoms with Crippen molar-refractivity contribution in [2.75, 3.05) is 14.2 Å². The zero-order valence-corrected chi connectivity index (χ0v) is 19.8. The SMILES string of the molecule is COC1=N[C@H](C(C)C)C(OC)=N[C@H]1C[C@H](Cc1ccc(C(C)(C)C)cc1)C(C)C. The minimum Gasteiger partial charge on any atom is -0.483 e. The molecule has 1 heterocycles. The smallest absolute Gasteiger partial charge is 0.209 e. The van der Waals surface area contributed by atoms with Crippen LogP contribution < -0.4 is 0 Å². The Morgan fingerprint density at radius 3 is 1.93 bits per heavy atom. The van der Waals surface area contributed by atoms with Gasteiger partial charge >= 0.3 is 0 Å². The lowest BCUT2D eigenvalue weighted by atomic mass is 9.82. The van der Waals surface area contributed by atoms with E-state index in [-0.39, 0.29) is 17.5 Å². The van der Waals surface area contributed by atoms with Gasteiger partial charge in [-0.1, -0.05) is 72.7 Å². The highest BCUT2D eigenvalue weighted by molar-refractivity contribution is 5.94. The normalized spacial score (nSPS) is 21.1. The molecule has 0 fully saturated rings. The van der Waals surface area contributed by atoms with E-state index in [1.54, 1.807) is 14.2 Å². The zero-order chi connectivity index (χ0) is 21.8. The first kappa shape index (κ1) is 23.4. The predicted octanol–water partition coefficient (Wildman–Crippen LogP) is 5.69. The van der Waals surface area contributed by atoms with Crippen molar-refractivity contribution in [2.45, 2.75) is 78.8 Å². The fraction of sp³-hybridized carbons (Fsp3) is 0.680. The second-order valence-corrected chi connectivity index (χ2v) is 9.94. The summed E-state index contributed by atoms with van der Waals surface area (Å²) in [5, 5.41) is 0. The van der Waals surface area contributed by atoms with Crippen molar-refractivity contribution in [1.29, 1.82) is 0 Å². The fourth-order valence-electron chi connectivity index (χ4n) is 3.84. The molecule has 0 aliphatic carbocycles. The average Bonchev–Trinajstić information content (AvgIpc) is 2.66. The topological polar surface area (TPSA) is 43.2 Å². The Kier molecular flexibility index (Phi) is 7.90. The van der Waals surface area contributed by atoms with Crippen LogP contribution in [0.25, 0.3) is 0 Å². The van der Waals surface area contributed by atoms with Crippen LogP contribution in [0.5, 0.6) is 0 Å². The van der Waals surface area contributed by atoms with Crippen LogP contribution in [-0.4, -0.2) is 38.1 Å². The van der Waals surface area contributed by atoms with Gasteiger partial charge in [-0.05, 0) is 47.1 Å². The number of ether oxygens (including phenoxy) is 2. The van der Waals surface area contributed by atoms with E-state index in [2.05, 4.69) is 72.7 Å². The van der Waals surface area contributed by atoms with Crippen molar-refractivity contribution in [1.82, 2.24) is 0 Å². The summed E-state index contributed by atoms with van der Waals surface area (Å²) in [5.74, 6) is 2.81. The molecule has 4 heteroatoms. The van der Waals surface area contributed by atoms with Gasteiger partial charge in [-0.15, -0.1) is 0 Å².